The summed E-state index contributed by atoms with van der Waals surface area (Å²) >= 11 is 1.46. The van der Waals surface area contributed by atoms with Crippen LogP contribution < -0.4 is 15.8 Å². The van der Waals surface area contributed by atoms with Crippen molar-refractivity contribution in [1.29, 1.82) is 0 Å². The molecule has 0 amide bonds. The second-order valence-corrected chi connectivity index (χ2v) is 5.90. The molecule has 1 aliphatic heterocycles. The number of nitrogen functional groups attached to an aromatic ring is 1. The number of hydrogen-bond donors (Lipinski definition) is 2. The van der Waals surface area contributed by atoms with E-state index in [2.05, 4.69) is 15.8 Å². The Labute approximate surface area is 115 Å². The van der Waals surface area contributed by atoms with E-state index in [1.54, 1.807) is 0 Å². The third-order valence-corrected chi connectivity index (χ3v) is 4.56. The zero-order valence-corrected chi connectivity index (χ0v) is 11.2. The molecule has 0 saturated heterocycles. The van der Waals surface area contributed by atoms with Gasteiger partial charge in [0, 0.05) is 11.1 Å². The number of para-hydroxylation sites is 1. The van der Waals surface area contributed by atoms with Crippen LogP contribution in [0.25, 0.3) is 0 Å². The molecule has 98 valence electrons. The van der Waals surface area contributed by atoms with Crippen molar-refractivity contribution < 1.29 is 4.74 Å². The molecule has 1 fully saturated rings. The van der Waals surface area contributed by atoms with Gasteiger partial charge in [-0.2, -0.15) is 4.37 Å². The van der Waals surface area contributed by atoms with Gasteiger partial charge in [0.25, 0.3) is 0 Å². The Morgan fingerprint density at radius 1 is 1.32 bits per heavy atom. The van der Waals surface area contributed by atoms with Gasteiger partial charge in [-0.3, -0.25) is 0 Å². The molecule has 2 heterocycles. The van der Waals surface area contributed by atoms with E-state index in [-0.39, 0.29) is 6.04 Å². The lowest BCUT2D eigenvalue weighted by Crippen LogP contribution is -2.12. The monoisotopic (exact) mass is 273 g/mol. The Balaban J connectivity index is 1.63. The second-order valence-electron chi connectivity index (χ2n) is 5.13. The number of fused-ring (bicyclic) bond motifs is 1. The highest BCUT2D eigenvalue weighted by Gasteiger charge is 2.32. The molecule has 0 radical (unpaired) electrons. The maximum absolute atomic E-state index is 5.98. The van der Waals surface area contributed by atoms with E-state index in [0.29, 0.717) is 18.3 Å². The summed E-state index contributed by atoms with van der Waals surface area (Å²) in [6.07, 6.45) is 2.46. The van der Waals surface area contributed by atoms with Crippen LogP contribution in [0.3, 0.4) is 0 Å². The van der Waals surface area contributed by atoms with Gasteiger partial charge in [0.2, 0.25) is 0 Å². The molecule has 1 unspecified atom stereocenters. The Morgan fingerprint density at radius 3 is 3.00 bits per heavy atom. The first-order valence-electron chi connectivity index (χ1n) is 6.56. The van der Waals surface area contributed by atoms with Crippen molar-refractivity contribution in [3.8, 4) is 5.75 Å². The summed E-state index contributed by atoms with van der Waals surface area (Å²) in [6.45, 7) is 0.668. The SMILES string of the molecule is Nc1nsc(NC2COc3ccccc32)c1C1CC1. The Kier molecular flexibility index (Phi) is 2.41. The van der Waals surface area contributed by atoms with Crippen molar-refractivity contribution in [3.63, 3.8) is 0 Å². The molecule has 19 heavy (non-hydrogen) atoms. The van der Waals surface area contributed by atoms with Crippen LogP contribution in [0.2, 0.25) is 0 Å². The van der Waals surface area contributed by atoms with Crippen molar-refractivity contribution in [1.82, 2.24) is 4.37 Å². The standard InChI is InChI=1S/C14H15N3OS/c15-13-12(8-5-6-8)14(19-17-13)16-10-7-18-11-4-2-1-3-9(10)11/h1-4,8,10,16H,5-7H2,(H2,15,17). The van der Waals surface area contributed by atoms with Gasteiger partial charge in [0.05, 0.1) is 6.04 Å². The third kappa shape index (κ3) is 1.85. The normalized spacial score (nSPS) is 20.9. The first-order chi connectivity index (χ1) is 9.33. The zero-order valence-electron chi connectivity index (χ0n) is 10.4. The minimum atomic E-state index is 0.202. The molecule has 1 aromatic heterocycles. The topological polar surface area (TPSA) is 60.2 Å². The summed E-state index contributed by atoms with van der Waals surface area (Å²) < 4.78 is 9.99. The Bertz CT molecular complexity index is 621. The number of aromatic nitrogens is 1. The number of nitrogens with one attached hydrogen (secondary N) is 1. The molecule has 0 bridgehead atoms. The number of hydrogen-bond acceptors (Lipinski definition) is 5. The lowest BCUT2D eigenvalue weighted by Gasteiger charge is -2.12. The molecular weight excluding hydrogens is 258 g/mol. The van der Waals surface area contributed by atoms with Crippen LogP contribution in [0.15, 0.2) is 24.3 Å². The zero-order chi connectivity index (χ0) is 12.8. The van der Waals surface area contributed by atoms with E-state index < -0.39 is 0 Å². The van der Waals surface area contributed by atoms with Crippen LogP contribution >= 0.6 is 11.5 Å². The molecule has 2 aromatic rings. The first kappa shape index (κ1) is 11.1. The van der Waals surface area contributed by atoms with Gasteiger partial charge in [-0.05, 0) is 36.4 Å². The number of ether oxygens (including phenoxy) is 1. The van der Waals surface area contributed by atoms with E-state index in [0.717, 1.165) is 10.8 Å². The fourth-order valence-electron chi connectivity index (χ4n) is 2.62. The molecule has 3 N–H and O–H groups in total. The number of rotatable bonds is 3. The van der Waals surface area contributed by atoms with E-state index in [1.165, 1.54) is 35.5 Å². The molecule has 2 aliphatic rings. The van der Waals surface area contributed by atoms with Crippen molar-refractivity contribution in [2.75, 3.05) is 17.7 Å². The van der Waals surface area contributed by atoms with E-state index >= 15 is 0 Å². The van der Waals surface area contributed by atoms with Gasteiger partial charge >= 0.3 is 0 Å². The molecule has 4 nitrogen and oxygen atoms in total. The van der Waals surface area contributed by atoms with Crippen LogP contribution in [0.4, 0.5) is 10.8 Å². The number of benzene rings is 1. The summed E-state index contributed by atoms with van der Waals surface area (Å²) in [5.41, 5.74) is 8.41. The van der Waals surface area contributed by atoms with Gasteiger partial charge in [0.1, 0.15) is 23.2 Å². The van der Waals surface area contributed by atoms with E-state index in [4.69, 9.17) is 10.5 Å². The van der Waals surface area contributed by atoms with E-state index in [9.17, 15) is 0 Å². The summed E-state index contributed by atoms with van der Waals surface area (Å²) in [4.78, 5) is 0. The molecule has 4 rings (SSSR count). The van der Waals surface area contributed by atoms with Crippen LogP contribution in [-0.4, -0.2) is 11.0 Å². The lowest BCUT2D eigenvalue weighted by molar-refractivity contribution is 0.340. The minimum Gasteiger partial charge on any atom is -0.491 e. The fourth-order valence-corrected chi connectivity index (χ4v) is 3.47. The van der Waals surface area contributed by atoms with Gasteiger partial charge < -0.3 is 15.8 Å². The van der Waals surface area contributed by atoms with Crippen LogP contribution in [0.5, 0.6) is 5.75 Å². The fraction of sp³-hybridized carbons (Fsp3) is 0.357. The third-order valence-electron chi connectivity index (χ3n) is 3.75. The molecule has 1 aliphatic carbocycles. The molecule has 0 spiro atoms. The summed E-state index contributed by atoms with van der Waals surface area (Å²) in [7, 11) is 0. The highest BCUT2D eigenvalue weighted by atomic mass is 32.1. The maximum atomic E-state index is 5.98. The largest absolute Gasteiger partial charge is 0.491 e. The average molecular weight is 273 g/mol. The molecule has 1 atom stereocenters. The second kappa shape index (κ2) is 4.13. The number of nitrogens with zero attached hydrogens (tertiary/aromatic N) is 1. The lowest BCUT2D eigenvalue weighted by atomic mass is 10.1. The Morgan fingerprint density at radius 2 is 2.16 bits per heavy atom. The average Bonchev–Trinajstić information content (AvgIpc) is 3.08. The van der Waals surface area contributed by atoms with Crippen LogP contribution in [0, 0.1) is 0 Å². The molecule has 5 heteroatoms. The van der Waals surface area contributed by atoms with Gasteiger partial charge in [-0.1, -0.05) is 18.2 Å². The van der Waals surface area contributed by atoms with Crippen molar-refractivity contribution in [2.24, 2.45) is 0 Å². The highest BCUT2D eigenvalue weighted by Crippen LogP contribution is 2.48. The highest BCUT2D eigenvalue weighted by molar-refractivity contribution is 7.10. The van der Waals surface area contributed by atoms with Crippen LogP contribution in [0.1, 0.15) is 35.9 Å². The molecular formula is C14H15N3OS. The van der Waals surface area contributed by atoms with E-state index in [1.807, 2.05) is 18.2 Å². The molecule has 1 saturated carbocycles. The predicted octanol–water partition coefficient (Wildman–Crippen LogP) is 3.15. The van der Waals surface area contributed by atoms with Crippen molar-refractivity contribution >= 4 is 22.4 Å². The number of anilines is 2. The summed E-state index contributed by atoms with van der Waals surface area (Å²) in [6, 6.07) is 8.38. The van der Waals surface area contributed by atoms with Gasteiger partial charge in [0.15, 0.2) is 0 Å². The predicted molar refractivity (Wildman–Crippen MR) is 76.8 cm³/mol. The first-order valence-corrected chi connectivity index (χ1v) is 7.33. The van der Waals surface area contributed by atoms with Gasteiger partial charge in [-0.25, -0.2) is 0 Å². The van der Waals surface area contributed by atoms with Crippen LogP contribution in [-0.2, 0) is 0 Å². The maximum Gasteiger partial charge on any atom is 0.142 e. The quantitative estimate of drug-likeness (QED) is 0.902. The Hall–Kier alpha value is -1.75. The number of nitrogens with two attached hydrogens (primary N) is 1. The molecule has 1 aromatic carbocycles. The van der Waals surface area contributed by atoms with Crippen molar-refractivity contribution in [2.45, 2.75) is 24.8 Å². The van der Waals surface area contributed by atoms with Gasteiger partial charge in [-0.15, -0.1) is 0 Å². The smallest absolute Gasteiger partial charge is 0.142 e. The van der Waals surface area contributed by atoms with Crippen molar-refractivity contribution in [3.05, 3.63) is 35.4 Å². The summed E-state index contributed by atoms with van der Waals surface area (Å²) in [5.74, 6) is 2.28. The summed E-state index contributed by atoms with van der Waals surface area (Å²) in [5, 5.41) is 4.67. The minimum absolute atomic E-state index is 0.202.